The van der Waals surface area contributed by atoms with Gasteiger partial charge in [-0.25, -0.2) is 0 Å². The van der Waals surface area contributed by atoms with Crippen LogP contribution in [0.1, 0.15) is 0 Å². The molecule has 2 bridgehead atoms. The summed E-state index contributed by atoms with van der Waals surface area (Å²) < 4.78 is 0. The number of rotatable bonds is 1. The van der Waals surface area contributed by atoms with Gasteiger partial charge in [0, 0.05) is 32.7 Å². The zero-order chi connectivity index (χ0) is 7.84. The van der Waals surface area contributed by atoms with Crippen molar-refractivity contribution in [2.24, 2.45) is 5.73 Å². The lowest BCUT2D eigenvalue weighted by Gasteiger charge is -2.46. The fourth-order valence-electron chi connectivity index (χ4n) is 1.89. The lowest BCUT2D eigenvalue weighted by Crippen LogP contribution is -2.64. The molecule has 1 atom stereocenters. The van der Waals surface area contributed by atoms with Gasteiger partial charge in [-0.2, -0.15) is 0 Å². The Morgan fingerprint density at radius 2 is 1.91 bits per heavy atom. The van der Waals surface area contributed by atoms with Crippen molar-refractivity contribution in [3.63, 3.8) is 0 Å². The maximum Gasteiger partial charge on any atom is 0.0915 e. The molecule has 0 amide bonds. The van der Waals surface area contributed by atoms with E-state index >= 15 is 0 Å². The van der Waals surface area contributed by atoms with Crippen LogP contribution >= 0.6 is 12.2 Å². The second-order valence-corrected chi connectivity index (χ2v) is 3.73. The molecule has 3 saturated heterocycles. The van der Waals surface area contributed by atoms with E-state index in [-0.39, 0.29) is 0 Å². The summed E-state index contributed by atoms with van der Waals surface area (Å²) >= 11 is 4.99. The zero-order valence-electron chi connectivity index (χ0n) is 6.49. The molecule has 0 radical (unpaired) electrons. The minimum Gasteiger partial charge on any atom is -0.392 e. The summed E-state index contributed by atoms with van der Waals surface area (Å²) in [4.78, 5) is 5.49. The monoisotopic (exact) mass is 171 g/mol. The highest BCUT2D eigenvalue weighted by atomic mass is 32.1. The fraction of sp³-hybridized carbons (Fsp3) is 0.857. The largest absolute Gasteiger partial charge is 0.392 e. The van der Waals surface area contributed by atoms with E-state index in [4.69, 9.17) is 18.0 Å². The molecule has 4 heteroatoms. The van der Waals surface area contributed by atoms with Gasteiger partial charge in [-0.05, 0) is 0 Å². The summed E-state index contributed by atoms with van der Waals surface area (Å²) in [5, 5.41) is 0. The second-order valence-electron chi connectivity index (χ2n) is 3.25. The molecule has 0 aromatic heterocycles. The predicted octanol–water partition coefficient (Wildman–Crippen LogP) is -0.728. The number of nitrogens with two attached hydrogens (primary N) is 1. The Morgan fingerprint density at radius 1 is 1.27 bits per heavy atom. The number of fused-ring (bicyclic) bond motifs is 3. The van der Waals surface area contributed by atoms with E-state index in [1.165, 1.54) is 13.1 Å². The van der Waals surface area contributed by atoms with Crippen LogP contribution in [0.5, 0.6) is 0 Å². The Labute approximate surface area is 72.1 Å². The topological polar surface area (TPSA) is 32.5 Å². The van der Waals surface area contributed by atoms with Gasteiger partial charge in [0.25, 0.3) is 0 Å². The van der Waals surface area contributed by atoms with Gasteiger partial charge in [-0.15, -0.1) is 0 Å². The SMILES string of the molecule is NC(=S)C1CN2CCN1CC2. The molecule has 11 heavy (non-hydrogen) atoms. The first-order chi connectivity index (χ1) is 5.27. The summed E-state index contributed by atoms with van der Waals surface area (Å²) in [6, 6.07) is 0.354. The number of piperazine rings is 3. The number of nitrogens with zero attached hydrogens (tertiary/aromatic N) is 2. The molecule has 0 aromatic carbocycles. The summed E-state index contributed by atoms with van der Waals surface area (Å²) in [6.07, 6.45) is 0. The highest BCUT2D eigenvalue weighted by Crippen LogP contribution is 2.15. The molecule has 1 unspecified atom stereocenters. The van der Waals surface area contributed by atoms with Crippen molar-refractivity contribution in [1.82, 2.24) is 9.80 Å². The highest BCUT2D eigenvalue weighted by molar-refractivity contribution is 7.80. The number of thiocarbonyl (C=S) groups is 1. The normalized spacial score (nSPS) is 42.4. The van der Waals surface area contributed by atoms with E-state index in [2.05, 4.69) is 9.80 Å². The molecular formula is C7H13N3S. The van der Waals surface area contributed by atoms with Gasteiger partial charge >= 0.3 is 0 Å². The Hall–Kier alpha value is -0.190. The molecule has 0 aromatic rings. The van der Waals surface area contributed by atoms with E-state index in [0.29, 0.717) is 11.0 Å². The van der Waals surface area contributed by atoms with Crippen molar-refractivity contribution in [2.75, 3.05) is 32.7 Å². The smallest absolute Gasteiger partial charge is 0.0915 e. The van der Waals surface area contributed by atoms with Crippen molar-refractivity contribution < 1.29 is 0 Å². The van der Waals surface area contributed by atoms with Gasteiger partial charge in [0.2, 0.25) is 0 Å². The van der Waals surface area contributed by atoms with Crippen LogP contribution in [0.2, 0.25) is 0 Å². The highest BCUT2D eigenvalue weighted by Gasteiger charge is 2.32. The molecule has 3 aliphatic heterocycles. The third-order valence-corrected chi connectivity index (χ3v) is 2.88. The summed E-state index contributed by atoms with van der Waals surface area (Å²) in [7, 11) is 0. The molecule has 3 fully saturated rings. The predicted molar refractivity (Wildman–Crippen MR) is 48.6 cm³/mol. The molecule has 0 spiro atoms. The van der Waals surface area contributed by atoms with Crippen LogP contribution < -0.4 is 5.73 Å². The van der Waals surface area contributed by atoms with Crippen LogP contribution in [-0.4, -0.2) is 53.6 Å². The summed E-state index contributed by atoms with van der Waals surface area (Å²) in [6.45, 7) is 5.72. The molecule has 3 nitrogen and oxygen atoms in total. The van der Waals surface area contributed by atoms with Gasteiger partial charge < -0.3 is 5.73 Å². The standard InChI is InChI=1S/C7H13N3S/c8-7(11)6-5-9-1-3-10(6)4-2-9/h6H,1-5H2,(H2,8,11). The van der Waals surface area contributed by atoms with Gasteiger partial charge in [0.1, 0.15) is 0 Å². The van der Waals surface area contributed by atoms with Crippen LogP contribution in [0.3, 0.4) is 0 Å². The van der Waals surface area contributed by atoms with Gasteiger partial charge in [-0.3, -0.25) is 9.80 Å². The van der Waals surface area contributed by atoms with E-state index in [9.17, 15) is 0 Å². The number of hydrogen-bond acceptors (Lipinski definition) is 3. The van der Waals surface area contributed by atoms with Crippen LogP contribution in [0.25, 0.3) is 0 Å². The molecule has 0 aliphatic carbocycles. The van der Waals surface area contributed by atoms with Crippen LogP contribution in [0.4, 0.5) is 0 Å². The molecule has 3 heterocycles. The molecule has 3 rings (SSSR count). The second kappa shape index (κ2) is 2.69. The Morgan fingerprint density at radius 3 is 2.18 bits per heavy atom. The first-order valence-electron chi connectivity index (χ1n) is 4.03. The van der Waals surface area contributed by atoms with Gasteiger partial charge in [0.05, 0.1) is 11.0 Å². The van der Waals surface area contributed by atoms with E-state index < -0.39 is 0 Å². The molecule has 0 saturated carbocycles. The zero-order valence-corrected chi connectivity index (χ0v) is 7.31. The minimum absolute atomic E-state index is 0.354. The Balaban J connectivity index is 2.08. The quantitative estimate of drug-likeness (QED) is 0.527. The van der Waals surface area contributed by atoms with Crippen molar-refractivity contribution in [1.29, 1.82) is 0 Å². The first kappa shape index (κ1) is 7.46. The molecular weight excluding hydrogens is 158 g/mol. The van der Waals surface area contributed by atoms with E-state index in [1.807, 2.05) is 0 Å². The molecule has 3 aliphatic rings. The molecule has 2 N–H and O–H groups in total. The third kappa shape index (κ3) is 1.26. The van der Waals surface area contributed by atoms with Crippen molar-refractivity contribution >= 4 is 17.2 Å². The average molecular weight is 171 g/mol. The minimum atomic E-state index is 0.354. The maximum absolute atomic E-state index is 5.62. The van der Waals surface area contributed by atoms with Crippen LogP contribution in [0.15, 0.2) is 0 Å². The Kier molecular flexibility index (Phi) is 1.83. The summed E-state index contributed by atoms with van der Waals surface area (Å²) in [5.41, 5.74) is 5.62. The number of hydrogen-bond donors (Lipinski definition) is 1. The molecule has 62 valence electrons. The van der Waals surface area contributed by atoms with Gasteiger partial charge in [-0.1, -0.05) is 12.2 Å². The fourth-order valence-corrected chi connectivity index (χ4v) is 2.11. The first-order valence-corrected chi connectivity index (χ1v) is 4.44. The Bertz CT molecular complexity index is 175. The van der Waals surface area contributed by atoms with E-state index in [1.54, 1.807) is 0 Å². The summed E-state index contributed by atoms with van der Waals surface area (Å²) in [5.74, 6) is 0. The lowest BCUT2D eigenvalue weighted by molar-refractivity contribution is 0.0414. The third-order valence-electron chi connectivity index (χ3n) is 2.61. The van der Waals surface area contributed by atoms with Crippen LogP contribution in [0, 0.1) is 0 Å². The van der Waals surface area contributed by atoms with Crippen molar-refractivity contribution in [2.45, 2.75) is 6.04 Å². The maximum atomic E-state index is 5.62. The van der Waals surface area contributed by atoms with E-state index in [0.717, 1.165) is 19.6 Å². The van der Waals surface area contributed by atoms with Crippen molar-refractivity contribution in [3.8, 4) is 0 Å². The van der Waals surface area contributed by atoms with Gasteiger partial charge in [0.15, 0.2) is 0 Å². The average Bonchev–Trinajstić information content (AvgIpc) is 2.06. The lowest BCUT2D eigenvalue weighted by atomic mass is 10.1. The van der Waals surface area contributed by atoms with Crippen LogP contribution in [-0.2, 0) is 0 Å². The van der Waals surface area contributed by atoms with Crippen molar-refractivity contribution in [3.05, 3.63) is 0 Å².